The van der Waals surface area contributed by atoms with Crippen molar-refractivity contribution in [1.82, 2.24) is 19.4 Å². The number of carbonyl (C=O) groups is 1. The summed E-state index contributed by atoms with van der Waals surface area (Å²) >= 11 is 0. The van der Waals surface area contributed by atoms with Gasteiger partial charge < -0.3 is 9.47 Å². The molecule has 0 bridgehead atoms. The van der Waals surface area contributed by atoms with Gasteiger partial charge in [-0.2, -0.15) is 0 Å². The Morgan fingerprint density at radius 1 is 1.25 bits per heavy atom. The summed E-state index contributed by atoms with van der Waals surface area (Å²) in [5.74, 6) is 2.55. The lowest BCUT2D eigenvalue weighted by Gasteiger charge is -2.27. The third kappa shape index (κ3) is 2.83. The van der Waals surface area contributed by atoms with Crippen LogP contribution in [0.4, 0.5) is 0 Å². The maximum absolute atomic E-state index is 12.6. The summed E-state index contributed by atoms with van der Waals surface area (Å²) in [6, 6.07) is 3.59. The van der Waals surface area contributed by atoms with E-state index in [-0.39, 0.29) is 5.91 Å². The second-order valence-corrected chi connectivity index (χ2v) is 7.14. The Morgan fingerprint density at radius 2 is 2.04 bits per heavy atom. The molecule has 1 atom stereocenters. The van der Waals surface area contributed by atoms with Gasteiger partial charge in [0.05, 0.1) is 0 Å². The number of hydrogen-bond acceptors (Lipinski definition) is 3. The van der Waals surface area contributed by atoms with E-state index >= 15 is 0 Å². The zero-order chi connectivity index (χ0) is 16.5. The SMILES string of the molecule is Cc1cnc(C2CCC2)n1CC1CCN(C(=O)c2ccncc2)C1. The van der Waals surface area contributed by atoms with Gasteiger partial charge in [0.25, 0.3) is 5.91 Å². The van der Waals surface area contributed by atoms with E-state index in [0.29, 0.717) is 11.8 Å². The molecule has 2 aromatic rings. The predicted molar refractivity (Wildman–Crippen MR) is 91.8 cm³/mol. The molecule has 4 rings (SSSR count). The number of aromatic nitrogens is 3. The molecule has 1 amide bonds. The van der Waals surface area contributed by atoms with Crippen LogP contribution in [0.25, 0.3) is 0 Å². The van der Waals surface area contributed by atoms with Crippen molar-refractivity contribution in [2.75, 3.05) is 13.1 Å². The van der Waals surface area contributed by atoms with E-state index in [4.69, 9.17) is 0 Å². The van der Waals surface area contributed by atoms with E-state index in [9.17, 15) is 4.79 Å². The molecule has 1 saturated heterocycles. The molecule has 2 fully saturated rings. The average Bonchev–Trinajstić information content (AvgIpc) is 3.16. The van der Waals surface area contributed by atoms with Crippen LogP contribution in [-0.4, -0.2) is 38.4 Å². The molecule has 3 heterocycles. The van der Waals surface area contributed by atoms with Crippen LogP contribution >= 0.6 is 0 Å². The number of likely N-dealkylation sites (tertiary alicyclic amines) is 1. The largest absolute Gasteiger partial charge is 0.338 e. The lowest BCUT2D eigenvalue weighted by atomic mass is 9.84. The van der Waals surface area contributed by atoms with Gasteiger partial charge in [-0.05, 0) is 44.2 Å². The highest BCUT2D eigenvalue weighted by molar-refractivity contribution is 5.94. The topological polar surface area (TPSA) is 51.0 Å². The Kier molecular flexibility index (Phi) is 4.08. The van der Waals surface area contributed by atoms with Crippen LogP contribution < -0.4 is 0 Å². The summed E-state index contributed by atoms with van der Waals surface area (Å²) in [5, 5.41) is 0. The van der Waals surface area contributed by atoms with Gasteiger partial charge in [0.15, 0.2) is 0 Å². The first-order valence-electron chi connectivity index (χ1n) is 8.93. The standard InChI is InChI=1S/C19H24N4O/c1-14-11-21-18(16-3-2-4-16)23(14)13-15-7-10-22(12-15)19(24)17-5-8-20-9-6-17/h5-6,8-9,11,15-16H,2-4,7,10,12-13H2,1H3. The number of amides is 1. The van der Waals surface area contributed by atoms with Crippen molar-refractivity contribution in [3.63, 3.8) is 0 Å². The van der Waals surface area contributed by atoms with Crippen molar-refractivity contribution in [2.45, 2.75) is 45.1 Å². The van der Waals surface area contributed by atoms with Crippen molar-refractivity contribution >= 4 is 5.91 Å². The number of aryl methyl sites for hydroxylation is 1. The minimum atomic E-state index is 0.126. The molecule has 5 heteroatoms. The third-order valence-corrected chi connectivity index (χ3v) is 5.50. The molecule has 1 unspecified atom stereocenters. The van der Waals surface area contributed by atoms with Crippen LogP contribution in [0.3, 0.4) is 0 Å². The fourth-order valence-electron chi connectivity index (χ4n) is 3.81. The van der Waals surface area contributed by atoms with Crippen LogP contribution in [0.1, 0.15) is 53.5 Å². The molecule has 0 N–H and O–H groups in total. The van der Waals surface area contributed by atoms with Crippen molar-refractivity contribution < 1.29 is 4.79 Å². The van der Waals surface area contributed by atoms with Crippen LogP contribution in [0.2, 0.25) is 0 Å². The maximum Gasteiger partial charge on any atom is 0.253 e. The van der Waals surface area contributed by atoms with E-state index in [2.05, 4.69) is 21.5 Å². The summed E-state index contributed by atoms with van der Waals surface area (Å²) in [6.07, 6.45) is 10.3. The quantitative estimate of drug-likeness (QED) is 0.868. The highest BCUT2D eigenvalue weighted by Crippen LogP contribution is 2.36. The normalized spacial score (nSPS) is 21.0. The van der Waals surface area contributed by atoms with E-state index in [0.717, 1.165) is 31.6 Å². The monoisotopic (exact) mass is 324 g/mol. The van der Waals surface area contributed by atoms with Gasteiger partial charge in [0, 0.05) is 55.4 Å². The van der Waals surface area contributed by atoms with Crippen molar-refractivity contribution in [3.8, 4) is 0 Å². The van der Waals surface area contributed by atoms with E-state index < -0.39 is 0 Å². The third-order valence-electron chi connectivity index (χ3n) is 5.50. The number of rotatable bonds is 4. The Hall–Kier alpha value is -2.17. The van der Waals surface area contributed by atoms with Crippen molar-refractivity contribution in [3.05, 3.63) is 47.8 Å². The fourth-order valence-corrected chi connectivity index (χ4v) is 3.81. The summed E-state index contributed by atoms with van der Waals surface area (Å²) in [7, 11) is 0. The number of carbonyl (C=O) groups excluding carboxylic acids is 1. The molecule has 2 aliphatic rings. The first kappa shape index (κ1) is 15.4. The van der Waals surface area contributed by atoms with Gasteiger partial charge in [-0.25, -0.2) is 4.98 Å². The van der Waals surface area contributed by atoms with Crippen molar-refractivity contribution in [2.24, 2.45) is 5.92 Å². The predicted octanol–water partition coefficient (Wildman–Crippen LogP) is 3.02. The van der Waals surface area contributed by atoms with E-state index in [1.54, 1.807) is 24.5 Å². The molecule has 1 saturated carbocycles. The molecule has 24 heavy (non-hydrogen) atoms. The highest BCUT2D eigenvalue weighted by atomic mass is 16.2. The van der Waals surface area contributed by atoms with E-state index in [1.165, 1.54) is 30.8 Å². The molecule has 1 aliphatic heterocycles. The summed E-state index contributed by atoms with van der Waals surface area (Å²) < 4.78 is 2.40. The van der Waals surface area contributed by atoms with Crippen LogP contribution in [0.15, 0.2) is 30.7 Å². The maximum atomic E-state index is 12.6. The Balaban J connectivity index is 1.43. The minimum Gasteiger partial charge on any atom is -0.338 e. The Morgan fingerprint density at radius 3 is 2.75 bits per heavy atom. The van der Waals surface area contributed by atoms with Gasteiger partial charge in [0.2, 0.25) is 0 Å². The summed E-state index contributed by atoms with van der Waals surface area (Å²) in [6.45, 7) is 4.81. The van der Waals surface area contributed by atoms with Gasteiger partial charge in [-0.1, -0.05) is 6.42 Å². The number of hydrogen-bond donors (Lipinski definition) is 0. The molecule has 2 aromatic heterocycles. The summed E-state index contributed by atoms with van der Waals surface area (Å²) in [5.41, 5.74) is 1.98. The molecule has 0 radical (unpaired) electrons. The smallest absolute Gasteiger partial charge is 0.253 e. The average molecular weight is 324 g/mol. The molecular formula is C19H24N4O. The second kappa shape index (κ2) is 6.38. The highest BCUT2D eigenvalue weighted by Gasteiger charge is 2.30. The first-order chi connectivity index (χ1) is 11.7. The molecule has 0 spiro atoms. The van der Waals surface area contributed by atoms with Gasteiger partial charge in [0.1, 0.15) is 5.82 Å². The molecule has 5 nitrogen and oxygen atoms in total. The Labute approximate surface area is 142 Å². The zero-order valence-corrected chi connectivity index (χ0v) is 14.2. The molecule has 0 aromatic carbocycles. The lowest BCUT2D eigenvalue weighted by molar-refractivity contribution is 0.0785. The molecule has 126 valence electrons. The first-order valence-corrected chi connectivity index (χ1v) is 8.93. The number of pyridine rings is 1. The lowest BCUT2D eigenvalue weighted by Crippen LogP contribution is -2.29. The van der Waals surface area contributed by atoms with Crippen LogP contribution in [0.5, 0.6) is 0 Å². The van der Waals surface area contributed by atoms with E-state index in [1.807, 2.05) is 11.1 Å². The molecule has 1 aliphatic carbocycles. The molecular weight excluding hydrogens is 300 g/mol. The number of imidazole rings is 1. The van der Waals surface area contributed by atoms with Crippen molar-refractivity contribution in [1.29, 1.82) is 0 Å². The van der Waals surface area contributed by atoms with Gasteiger partial charge >= 0.3 is 0 Å². The van der Waals surface area contributed by atoms with Gasteiger partial charge in [-0.15, -0.1) is 0 Å². The fraction of sp³-hybridized carbons (Fsp3) is 0.526. The second-order valence-electron chi connectivity index (χ2n) is 7.14. The van der Waals surface area contributed by atoms with Gasteiger partial charge in [-0.3, -0.25) is 9.78 Å². The van der Waals surface area contributed by atoms with Crippen LogP contribution in [-0.2, 0) is 6.54 Å². The Bertz CT molecular complexity index is 720. The van der Waals surface area contributed by atoms with Crippen LogP contribution in [0, 0.1) is 12.8 Å². The number of nitrogens with zero attached hydrogens (tertiary/aromatic N) is 4. The zero-order valence-electron chi connectivity index (χ0n) is 14.2. The minimum absolute atomic E-state index is 0.126. The summed E-state index contributed by atoms with van der Waals surface area (Å²) in [4.78, 5) is 23.2.